The lowest BCUT2D eigenvalue weighted by atomic mass is 9.85. The predicted octanol–water partition coefficient (Wildman–Crippen LogP) is 3.57. The number of aromatic nitrogens is 1. The zero-order valence-electron chi connectivity index (χ0n) is 12.9. The van der Waals surface area contributed by atoms with Gasteiger partial charge in [0, 0.05) is 23.7 Å². The quantitative estimate of drug-likeness (QED) is 0.441. The van der Waals surface area contributed by atoms with Crippen LogP contribution < -0.4 is 0 Å². The van der Waals surface area contributed by atoms with E-state index in [-0.39, 0.29) is 6.42 Å². The fourth-order valence-corrected chi connectivity index (χ4v) is 3.41. The van der Waals surface area contributed by atoms with Gasteiger partial charge in [-0.25, -0.2) is 0 Å². The molecule has 1 aliphatic carbocycles. The van der Waals surface area contributed by atoms with E-state index >= 15 is 0 Å². The molecule has 0 fully saturated rings. The van der Waals surface area contributed by atoms with Crippen LogP contribution in [-0.4, -0.2) is 21.0 Å². The van der Waals surface area contributed by atoms with Crippen LogP contribution in [0.4, 0.5) is 0 Å². The SMILES string of the molecule is O/N=C(\CC1(O)c2ccccc2-c2ncccc21)c1ccccc1. The molecule has 0 saturated carbocycles. The van der Waals surface area contributed by atoms with Gasteiger partial charge in [0.25, 0.3) is 0 Å². The number of hydrogen-bond acceptors (Lipinski definition) is 4. The van der Waals surface area contributed by atoms with Crippen molar-refractivity contribution in [1.82, 2.24) is 4.98 Å². The van der Waals surface area contributed by atoms with Crippen molar-refractivity contribution in [1.29, 1.82) is 0 Å². The molecule has 1 heterocycles. The maximum Gasteiger partial charge on any atom is 0.123 e. The van der Waals surface area contributed by atoms with Gasteiger partial charge < -0.3 is 10.3 Å². The van der Waals surface area contributed by atoms with E-state index in [2.05, 4.69) is 10.1 Å². The Bertz CT molecular complexity index is 874. The number of rotatable bonds is 3. The highest BCUT2D eigenvalue weighted by Crippen LogP contribution is 2.48. The first-order valence-electron chi connectivity index (χ1n) is 7.78. The third kappa shape index (κ3) is 2.12. The summed E-state index contributed by atoms with van der Waals surface area (Å²) < 4.78 is 0. The molecule has 0 spiro atoms. The highest BCUT2D eigenvalue weighted by molar-refractivity contribution is 6.01. The molecule has 2 N–H and O–H groups in total. The fraction of sp³-hybridized carbons (Fsp3) is 0.100. The number of nitrogens with zero attached hydrogens (tertiary/aromatic N) is 2. The fourth-order valence-electron chi connectivity index (χ4n) is 3.41. The highest BCUT2D eigenvalue weighted by Gasteiger charge is 2.43. The summed E-state index contributed by atoms with van der Waals surface area (Å²) in [4.78, 5) is 4.44. The maximum atomic E-state index is 11.5. The van der Waals surface area contributed by atoms with Gasteiger partial charge in [-0.3, -0.25) is 4.98 Å². The lowest BCUT2D eigenvalue weighted by molar-refractivity contribution is 0.0928. The lowest BCUT2D eigenvalue weighted by Crippen LogP contribution is -2.28. The lowest BCUT2D eigenvalue weighted by Gasteiger charge is -2.26. The Kier molecular flexibility index (Phi) is 3.40. The number of oxime groups is 1. The standard InChI is InChI=1S/C20H16N2O2/c23-20(13-18(22-24)14-7-2-1-3-8-14)16-10-5-4-9-15(16)19-17(20)11-6-12-21-19/h1-12,23-24H,13H2/b22-18+. The zero-order valence-corrected chi connectivity index (χ0v) is 12.9. The summed E-state index contributed by atoms with van der Waals surface area (Å²) in [6, 6.07) is 20.8. The van der Waals surface area contributed by atoms with Crippen molar-refractivity contribution in [2.75, 3.05) is 0 Å². The molecular weight excluding hydrogens is 300 g/mol. The molecule has 1 atom stereocenters. The van der Waals surface area contributed by atoms with E-state index in [9.17, 15) is 10.3 Å². The molecule has 0 bridgehead atoms. The minimum Gasteiger partial charge on any atom is -0.411 e. The summed E-state index contributed by atoms with van der Waals surface area (Å²) in [6.07, 6.45) is 1.89. The summed E-state index contributed by atoms with van der Waals surface area (Å²) in [5.41, 5.74) is 3.17. The molecule has 0 aliphatic heterocycles. The van der Waals surface area contributed by atoms with E-state index in [0.717, 1.165) is 27.9 Å². The first kappa shape index (κ1) is 14.6. The van der Waals surface area contributed by atoms with E-state index in [1.165, 1.54) is 0 Å². The smallest absolute Gasteiger partial charge is 0.123 e. The molecule has 0 radical (unpaired) electrons. The van der Waals surface area contributed by atoms with E-state index < -0.39 is 5.60 Å². The van der Waals surface area contributed by atoms with Crippen LogP contribution in [-0.2, 0) is 5.60 Å². The molecule has 4 rings (SSSR count). The van der Waals surface area contributed by atoms with Crippen molar-refractivity contribution in [2.24, 2.45) is 5.16 Å². The maximum absolute atomic E-state index is 11.5. The average Bonchev–Trinajstić information content (AvgIpc) is 2.91. The van der Waals surface area contributed by atoms with Gasteiger partial charge in [-0.05, 0) is 17.2 Å². The normalized spacial score (nSPS) is 19.0. The Balaban J connectivity index is 1.85. The van der Waals surface area contributed by atoms with E-state index in [1.807, 2.05) is 66.7 Å². The Morgan fingerprint density at radius 3 is 2.42 bits per heavy atom. The van der Waals surface area contributed by atoms with Crippen LogP contribution in [0.25, 0.3) is 11.3 Å². The van der Waals surface area contributed by atoms with Crippen molar-refractivity contribution in [3.8, 4) is 11.3 Å². The molecule has 0 amide bonds. The predicted molar refractivity (Wildman–Crippen MR) is 92.1 cm³/mol. The number of hydrogen-bond donors (Lipinski definition) is 2. The van der Waals surface area contributed by atoms with Gasteiger partial charge in [0.15, 0.2) is 0 Å². The molecule has 24 heavy (non-hydrogen) atoms. The molecule has 4 nitrogen and oxygen atoms in total. The van der Waals surface area contributed by atoms with Gasteiger partial charge in [-0.2, -0.15) is 0 Å². The first-order valence-corrected chi connectivity index (χ1v) is 7.78. The van der Waals surface area contributed by atoms with Crippen molar-refractivity contribution in [3.05, 3.63) is 89.6 Å². The van der Waals surface area contributed by atoms with Crippen LogP contribution in [0.15, 0.2) is 78.1 Å². The Morgan fingerprint density at radius 1 is 0.917 bits per heavy atom. The van der Waals surface area contributed by atoms with Crippen LogP contribution in [0.5, 0.6) is 0 Å². The number of fused-ring (bicyclic) bond motifs is 3. The Morgan fingerprint density at radius 2 is 1.62 bits per heavy atom. The third-order valence-electron chi connectivity index (χ3n) is 4.53. The molecule has 0 saturated heterocycles. The minimum absolute atomic E-state index is 0.170. The van der Waals surface area contributed by atoms with Gasteiger partial charge in [-0.15, -0.1) is 0 Å². The largest absolute Gasteiger partial charge is 0.411 e. The number of aliphatic hydroxyl groups is 1. The second-order valence-electron chi connectivity index (χ2n) is 5.89. The van der Waals surface area contributed by atoms with Crippen molar-refractivity contribution >= 4 is 5.71 Å². The summed E-state index contributed by atoms with van der Waals surface area (Å²) in [7, 11) is 0. The van der Waals surface area contributed by atoms with Gasteiger partial charge in [0.05, 0.1) is 11.4 Å². The summed E-state index contributed by atoms with van der Waals surface area (Å²) in [5, 5.41) is 24.5. The molecule has 3 aromatic rings. The van der Waals surface area contributed by atoms with Gasteiger partial charge >= 0.3 is 0 Å². The van der Waals surface area contributed by atoms with Gasteiger partial charge in [0.1, 0.15) is 5.60 Å². The topological polar surface area (TPSA) is 65.7 Å². The van der Waals surface area contributed by atoms with E-state index in [1.54, 1.807) is 6.20 Å². The highest BCUT2D eigenvalue weighted by atomic mass is 16.4. The van der Waals surface area contributed by atoms with Gasteiger partial charge in [0.2, 0.25) is 0 Å². The average molecular weight is 316 g/mol. The first-order chi connectivity index (χ1) is 11.7. The second kappa shape index (κ2) is 5.58. The molecule has 1 unspecified atom stereocenters. The van der Waals surface area contributed by atoms with Crippen LogP contribution >= 0.6 is 0 Å². The van der Waals surface area contributed by atoms with Crippen LogP contribution in [0.1, 0.15) is 23.1 Å². The molecule has 4 heteroatoms. The number of benzene rings is 2. The van der Waals surface area contributed by atoms with E-state index in [4.69, 9.17) is 0 Å². The summed E-state index contributed by atoms with van der Waals surface area (Å²) >= 11 is 0. The molecule has 1 aromatic heterocycles. The second-order valence-corrected chi connectivity index (χ2v) is 5.89. The third-order valence-corrected chi connectivity index (χ3v) is 4.53. The monoisotopic (exact) mass is 316 g/mol. The molecule has 2 aromatic carbocycles. The Hall–Kier alpha value is -2.98. The zero-order chi connectivity index (χ0) is 16.6. The van der Waals surface area contributed by atoms with Crippen LogP contribution in [0.3, 0.4) is 0 Å². The van der Waals surface area contributed by atoms with E-state index in [0.29, 0.717) is 5.71 Å². The molecule has 118 valence electrons. The van der Waals surface area contributed by atoms with Crippen molar-refractivity contribution in [3.63, 3.8) is 0 Å². The summed E-state index contributed by atoms with van der Waals surface area (Å²) in [6.45, 7) is 0. The molecule has 1 aliphatic rings. The van der Waals surface area contributed by atoms with Gasteiger partial charge in [-0.1, -0.05) is 65.8 Å². The van der Waals surface area contributed by atoms with Crippen molar-refractivity contribution in [2.45, 2.75) is 12.0 Å². The number of pyridine rings is 1. The Labute approximate surface area is 139 Å². The van der Waals surface area contributed by atoms with Crippen molar-refractivity contribution < 1.29 is 10.3 Å². The summed E-state index contributed by atoms with van der Waals surface area (Å²) in [5.74, 6) is 0. The van der Waals surface area contributed by atoms with Crippen LogP contribution in [0.2, 0.25) is 0 Å². The van der Waals surface area contributed by atoms with Crippen LogP contribution in [0, 0.1) is 0 Å². The minimum atomic E-state index is -1.27. The molecular formula is C20H16N2O2.